The Kier molecular flexibility index (Phi) is 6.26. The first-order valence-electron chi connectivity index (χ1n) is 7.99. The van der Waals surface area contributed by atoms with Gasteiger partial charge in [0.1, 0.15) is 12.1 Å². The Morgan fingerprint density at radius 1 is 1.25 bits per heavy atom. The van der Waals surface area contributed by atoms with Gasteiger partial charge < -0.3 is 14.8 Å². The normalized spacial score (nSPS) is 10.8. The van der Waals surface area contributed by atoms with Crippen LogP contribution in [0.25, 0.3) is 0 Å². The highest BCUT2D eigenvalue weighted by molar-refractivity contribution is 5.94. The van der Waals surface area contributed by atoms with Crippen LogP contribution in [0.5, 0.6) is 0 Å². The Bertz CT molecular complexity index is 990. The molecule has 1 heterocycles. The number of terminal acetylenes is 1. The third kappa shape index (κ3) is 5.23. The van der Waals surface area contributed by atoms with E-state index < -0.39 is 35.7 Å². The lowest BCUT2D eigenvalue weighted by molar-refractivity contribution is -0.139. The van der Waals surface area contributed by atoms with Crippen molar-refractivity contribution in [3.63, 3.8) is 0 Å². The molecule has 2 aromatic rings. The van der Waals surface area contributed by atoms with Crippen LogP contribution in [-0.4, -0.2) is 34.9 Å². The molecule has 28 heavy (non-hydrogen) atoms. The zero-order valence-electron chi connectivity index (χ0n) is 14.8. The molecule has 6 nitrogen and oxygen atoms in total. The number of benzene rings is 1. The van der Waals surface area contributed by atoms with Gasteiger partial charge in [-0.2, -0.15) is 13.2 Å². The third-order valence-electron chi connectivity index (χ3n) is 3.75. The van der Waals surface area contributed by atoms with Crippen LogP contribution in [0.4, 0.5) is 18.9 Å². The predicted molar refractivity (Wildman–Crippen MR) is 96.3 cm³/mol. The monoisotopic (exact) mass is 391 g/mol. The number of hydrogen-bond donors (Lipinski definition) is 1. The van der Waals surface area contributed by atoms with Gasteiger partial charge in [-0.1, -0.05) is 12.0 Å². The molecule has 0 unspecified atom stereocenters. The van der Waals surface area contributed by atoms with Crippen LogP contribution in [0.2, 0.25) is 0 Å². The van der Waals surface area contributed by atoms with Crippen LogP contribution < -0.4 is 10.9 Å². The lowest BCUT2D eigenvalue weighted by Crippen LogP contribution is -2.39. The summed E-state index contributed by atoms with van der Waals surface area (Å²) in [7, 11) is 1.30. The lowest BCUT2D eigenvalue weighted by Gasteiger charge is -2.18. The summed E-state index contributed by atoms with van der Waals surface area (Å²) in [5, 5.41) is 2.56. The maximum atomic E-state index is 12.8. The van der Waals surface area contributed by atoms with Crippen molar-refractivity contribution in [2.45, 2.75) is 12.7 Å². The van der Waals surface area contributed by atoms with E-state index in [0.29, 0.717) is 21.9 Å². The average molecular weight is 391 g/mol. The Hall–Kier alpha value is -3.54. The van der Waals surface area contributed by atoms with Crippen molar-refractivity contribution in [1.29, 1.82) is 0 Å². The van der Waals surface area contributed by atoms with Gasteiger partial charge in [0.2, 0.25) is 11.8 Å². The summed E-state index contributed by atoms with van der Waals surface area (Å²) in [4.78, 5) is 37.1. The molecular weight excluding hydrogens is 375 g/mol. The number of carbonyl (C=O) groups excluding carboxylic acids is 2. The molecule has 1 aromatic carbocycles. The summed E-state index contributed by atoms with van der Waals surface area (Å²) >= 11 is 0. The van der Waals surface area contributed by atoms with Gasteiger partial charge in [-0.25, -0.2) is 0 Å². The number of pyridine rings is 1. The number of nitrogens with one attached hydrogen (secondary N) is 1. The number of amides is 2. The van der Waals surface area contributed by atoms with E-state index >= 15 is 0 Å². The van der Waals surface area contributed by atoms with Gasteiger partial charge in [0.15, 0.2) is 0 Å². The number of alkyl halides is 3. The summed E-state index contributed by atoms with van der Waals surface area (Å²) in [6.45, 7) is -0.980. The fourth-order valence-corrected chi connectivity index (χ4v) is 2.33. The fourth-order valence-electron chi connectivity index (χ4n) is 2.33. The molecule has 2 amide bonds. The number of halogens is 3. The van der Waals surface area contributed by atoms with Gasteiger partial charge >= 0.3 is 6.18 Å². The summed E-state index contributed by atoms with van der Waals surface area (Å²) in [6.07, 6.45) is 1.54. The molecule has 0 aliphatic carbocycles. The lowest BCUT2D eigenvalue weighted by atomic mass is 10.2. The molecule has 0 saturated heterocycles. The number of carbonyl (C=O) groups is 2. The minimum absolute atomic E-state index is 0.354. The minimum Gasteiger partial charge on any atom is -0.335 e. The van der Waals surface area contributed by atoms with E-state index in [1.165, 1.54) is 7.05 Å². The molecular formula is C19H16F3N3O3. The molecule has 0 fully saturated rings. The number of anilines is 1. The summed E-state index contributed by atoms with van der Waals surface area (Å²) in [5.41, 5.74) is -1.69. The molecule has 1 aromatic heterocycles. The topological polar surface area (TPSA) is 71.4 Å². The Morgan fingerprint density at radius 2 is 1.96 bits per heavy atom. The van der Waals surface area contributed by atoms with Crippen molar-refractivity contribution in [1.82, 2.24) is 9.47 Å². The van der Waals surface area contributed by atoms with Gasteiger partial charge in [-0.15, -0.1) is 6.42 Å². The SMILES string of the molecule is C#Cc1cccc(NC(=O)CN(C)C(=O)Cn2cccc(C(F)(F)F)c2=O)c1. The van der Waals surface area contributed by atoms with Crippen LogP contribution in [0, 0.1) is 12.3 Å². The van der Waals surface area contributed by atoms with Crippen molar-refractivity contribution in [3.8, 4) is 12.3 Å². The Labute approximate surface area is 158 Å². The van der Waals surface area contributed by atoms with E-state index in [9.17, 15) is 27.6 Å². The number of rotatable bonds is 5. The maximum Gasteiger partial charge on any atom is 0.421 e. The molecule has 2 rings (SSSR count). The van der Waals surface area contributed by atoms with E-state index in [-0.39, 0.29) is 6.54 Å². The van der Waals surface area contributed by atoms with Crippen molar-refractivity contribution < 1.29 is 22.8 Å². The van der Waals surface area contributed by atoms with Gasteiger partial charge in [0.25, 0.3) is 5.56 Å². The fraction of sp³-hybridized carbons (Fsp3) is 0.211. The van der Waals surface area contributed by atoms with E-state index in [1.807, 2.05) is 0 Å². The number of hydrogen-bond acceptors (Lipinski definition) is 3. The first-order valence-corrected chi connectivity index (χ1v) is 7.99. The third-order valence-corrected chi connectivity index (χ3v) is 3.75. The van der Waals surface area contributed by atoms with Gasteiger partial charge in [-0.05, 0) is 30.3 Å². The first-order chi connectivity index (χ1) is 13.1. The molecule has 0 aliphatic heterocycles. The highest BCUT2D eigenvalue weighted by atomic mass is 19.4. The second-order valence-electron chi connectivity index (χ2n) is 5.88. The molecule has 0 atom stereocenters. The van der Waals surface area contributed by atoms with E-state index in [1.54, 1.807) is 24.3 Å². The van der Waals surface area contributed by atoms with E-state index in [4.69, 9.17) is 6.42 Å². The van der Waals surface area contributed by atoms with E-state index in [2.05, 4.69) is 11.2 Å². The molecule has 1 N–H and O–H groups in total. The quantitative estimate of drug-likeness (QED) is 0.792. The zero-order chi connectivity index (χ0) is 20.9. The molecule has 0 bridgehead atoms. The van der Waals surface area contributed by atoms with Gasteiger partial charge in [0.05, 0.1) is 6.54 Å². The largest absolute Gasteiger partial charge is 0.421 e. The summed E-state index contributed by atoms with van der Waals surface area (Å²) < 4.78 is 39.0. The van der Waals surface area contributed by atoms with Crippen molar-refractivity contribution in [2.75, 3.05) is 18.9 Å². The maximum absolute atomic E-state index is 12.8. The molecule has 0 saturated carbocycles. The van der Waals surface area contributed by atoms with E-state index in [0.717, 1.165) is 17.2 Å². The summed E-state index contributed by atoms with van der Waals surface area (Å²) in [5.74, 6) is 1.19. The number of likely N-dealkylation sites (N-methyl/N-ethyl adjacent to an activating group) is 1. The molecule has 0 radical (unpaired) electrons. The first kappa shape index (κ1) is 20.8. The molecule has 0 spiro atoms. The molecule has 146 valence electrons. The number of aromatic nitrogens is 1. The van der Waals surface area contributed by atoms with Gasteiger partial charge in [-0.3, -0.25) is 14.4 Å². The second-order valence-corrected chi connectivity index (χ2v) is 5.88. The van der Waals surface area contributed by atoms with Crippen molar-refractivity contribution >= 4 is 17.5 Å². The number of nitrogens with zero attached hydrogens (tertiary/aromatic N) is 2. The van der Waals surface area contributed by atoms with Crippen molar-refractivity contribution in [3.05, 3.63) is 64.1 Å². The zero-order valence-corrected chi connectivity index (χ0v) is 14.8. The summed E-state index contributed by atoms with van der Waals surface area (Å²) in [6, 6.07) is 8.19. The smallest absolute Gasteiger partial charge is 0.335 e. The molecule has 0 aliphatic rings. The molecule has 9 heteroatoms. The standard InChI is InChI=1S/C19H16F3N3O3/c1-3-13-6-4-7-14(10-13)23-16(26)11-24(2)17(27)12-25-9-5-8-15(18(25)28)19(20,21)22/h1,4-10H,11-12H2,2H3,(H,23,26). The van der Waals surface area contributed by atoms with Crippen LogP contribution >= 0.6 is 0 Å². The second kappa shape index (κ2) is 8.43. The van der Waals surface area contributed by atoms with Crippen LogP contribution in [-0.2, 0) is 22.3 Å². The highest BCUT2D eigenvalue weighted by Crippen LogP contribution is 2.25. The average Bonchev–Trinajstić information content (AvgIpc) is 2.62. The highest BCUT2D eigenvalue weighted by Gasteiger charge is 2.34. The predicted octanol–water partition coefficient (Wildman–Crippen LogP) is 1.95. The van der Waals surface area contributed by atoms with Crippen LogP contribution in [0.3, 0.4) is 0 Å². The Morgan fingerprint density at radius 3 is 2.61 bits per heavy atom. The van der Waals surface area contributed by atoms with Crippen LogP contribution in [0.1, 0.15) is 11.1 Å². The van der Waals surface area contributed by atoms with Gasteiger partial charge in [0, 0.05) is 24.5 Å². The van der Waals surface area contributed by atoms with Crippen LogP contribution in [0.15, 0.2) is 47.4 Å². The Balaban J connectivity index is 2.02. The van der Waals surface area contributed by atoms with Crippen molar-refractivity contribution in [2.24, 2.45) is 0 Å². The minimum atomic E-state index is -4.82.